The van der Waals surface area contributed by atoms with Crippen molar-refractivity contribution >= 4 is 18.6 Å². The highest BCUT2D eigenvalue weighted by Gasteiger charge is 2.46. The van der Waals surface area contributed by atoms with E-state index in [0.717, 1.165) is 0 Å². The summed E-state index contributed by atoms with van der Waals surface area (Å²) in [6.07, 6.45) is -5.39. The van der Waals surface area contributed by atoms with E-state index in [2.05, 4.69) is 4.74 Å². The largest absolute Gasteiger partial charge is 0.510 e. The van der Waals surface area contributed by atoms with Gasteiger partial charge < -0.3 is 9.47 Å². The lowest BCUT2D eigenvalue weighted by molar-refractivity contribution is -0.192. The molecule has 0 aromatic carbocycles. The molecule has 0 spiro atoms. The lowest BCUT2D eigenvalue weighted by Crippen LogP contribution is -2.49. The molecule has 0 aromatic heterocycles. The van der Waals surface area contributed by atoms with Crippen molar-refractivity contribution in [1.82, 2.24) is 0 Å². The van der Waals surface area contributed by atoms with Crippen LogP contribution >= 0.6 is 12.4 Å². The smallest absolute Gasteiger partial charge is 0.435 e. The average Bonchev–Trinajstić information content (AvgIpc) is 2.16. The van der Waals surface area contributed by atoms with Gasteiger partial charge in [-0.15, -0.1) is 12.4 Å². The molecule has 0 heterocycles. The minimum absolute atomic E-state index is 0. The van der Waals surface area contributed by atoms with Gasteiger partial charge in [-0.3, -0.25) is 5.73 Å². The quantitative estimate of drug-likeness (QED) is 0.627. The van der Waals surface area contributed by atoms with E-state index in [0.29, 0.717) is 0 Å². The maximum atomic E-state index is 12.4. The fraction of sp³-hybridized carbons (Fsp3) is 0.900. The first kappa shape index (κ1) is 17.3. The number of carbonyl (C=O) groups is 1. The van der Waals surface area contributed by atoms with Gasteiger partial charge in [0.25, 0.3) is 0 Å². The van der Waals surface area contributed by atoms with Crippen molar-refractivity contribution in [3.63, 3.8) is 0 Å². The first-order valence-electron chi connectivity index (χ1n) is 5.48. The Morgan fingerprint density at radius 3 is 2.28 bits per heavy atom. The molecule has 0 unspecified atom stereocenters. The maximum absolute atomic E-state index is 12.4. The lowest BCUT2D eigenvalue weighted by atomic mass is 9.83. The Hall–Kier alpha value is -0.690. The predicted molar refractivity (Wildman–Crippen MR) is 60.3 cm³/mol. The SMILES string of the molecule is CCOC(=O)OC1(N)CCC(C(F)(F)F)CC1.Cl. The molecule has 1 aliphatic rings. The van der Waals surface area contributed by atoms with Crippen molar-refractivity contribution in [1.29, 1.82) is 0 Å². The van der Waals surface area contributed by atoms with Gasteiger partial charge in [0.05, 0.1) is 12.5 Å². The van der Waals surface area contributed by atoms with E-state index in [-0.39, 0.29) is 44.7 Å². The molecule has 0 atom stereocenters. The molecular formula is C10H17ClF3NO3. The van der Waals surface area contributed by atoms with Gasteiger partial charge in [-0.25, -0.2) is 4.79 Å². The zero-order chi connectivity index (χ0) is 13.1. The van der Waals surface area contributed by atoms with Crippen LogP contribution in [-0.2, 0) is 9.47 Å². The lowest BCUT2D eigenvalue weighted by Gasteiger charge is -2.36. The van der Waals surface area contributed by atoms with Gasteiger partial charge in [0.15, 0.2) is 5.72 Å². The average molecular weight is 292 g/mol. The van der Waals surface area contributed by atoms with Crippen LogP contribution in [0.4, 0.5) is 18.0 Å². The number of carbonyl (C=O) groups excluding carboxylic acids is 1. The van der Waals surface area contributed by atoms with Gasteiger partial charge in [0.2, 0.25) is 0 Å². The van der Waals surface area contributed by atoms with E-state index >= 15 is 0 Å². The maximum Gasteiger partial charge on any atom is 0.510 e. The Balaban J connectivity index is 0.00000289. The van der Waals surface area contributed by atoms with E-state index in [9.17, 15) is 18.0 Å². The van der Waals surface area contributed by atoms with Crippen LogP contribution < -0.4 is 5.73 Å². The summed E-state index contributed by atoms with van der Waals surface area (Å²) >= 11 is 0. The molecule has 1 saturated carbocycles. The van der Waals surface area contributed by atoms with E-state index < -0.39 is 24.0 Å². The van der Waals surface area contributed by atoms with E-state index in [4.69, 9.17) is 10.5 Å². The van der Waals surface area contributed by atoms with Gasteiger partial charge in [0.1, 0.15) is 0 Å². The van der Waals surface area contributed by atoms with Crippen LogP contribution in [0.3, 0.4) is 0 Å². The van der Waals surface area contributed by atoms with Gasteiger partial charge in [-0.05, 0) is 19.8 Å². The molecule has 2 N–H and O–H groups in total. The molecule has 1 fully saturated rings. The fourth-order valence-corrected chi connectivity index (χ4v) is 1.85. The van der Waals surface area contributed by atoms with Crippen molar-refractivity contribution in [3.8, 4) is 0 Å². The predicted octanol–water partition coefficient (Wildman–Crippen LogP) is 2.99. The summed E-state index contributed by atoms with van der Waals surface area (Å²) in [7, 11) is 0. The number of ether oxygens (including phenoxy) is 2. The van der Waals surface area contributed by atoms with Crippen LogP contribution in [0.2, 0.25) is 0 Å². The van der Waals surface area contributed by atoms with Crippen LogP contribution in [0.25, 0.3) is 0 Å². The second-order valence-electron chi connectivity index (χ2n) is 4.17. The highest BCUT2D eigenvalue weighted by atomic mass is 35.5. The molecule has 108 valence electrons. The summed E-state index contributed by atoms with van der Waals surface area (Å²) < 4.78 is 46.6. The molecule has 0 saturated heterocycles. The van der Waals surface area contributed by atoms with Crippen LogP contribution in [0.5, 0.6) is 0 Å². The molecule has 0 amide bonds. The fourth-order valence-electron chi connectivity index (χ4n) is 1.85. The Bertz CT molecular complexity index is 278. The van der Waals surface area contributed by atoms with Gasteiger partial charge >= 0.3 is 12.3 Å². The topological polar surface area (TPSA) is 61.5 Å². The molecule has 0 aromatic rings. The van der Waals surface area contributed by atoms with Crippen molar-refractivity contribution in [2.75, 3.05) is 6.61 Å². The van der Waals surface area contributed by atoms with Crippen LogP contribution in [0.1, 0.15) is 32.6 Å². The number of hydrogen-bond donors (Lipinski definition) is 1. The summed E-state index contributed by atoms with van der Waals surface area (Å²) in [4.78, 5) is 11.0. The van der Waals surface area contributed by atoms with Crippen molar-refractivity contribution in [2.24, 2.45) is 11.7 Å². The minimum Gasteiger partial charge on any atom is -0.435 e. The summed E-state index contributed by atoms with van der Waals surface area (Å²) in [5.41, 5.74) is 4.38. The first-order chi connectivity index (χ1) is 7.77. The molecule has 0 aliphatic heterocycles. The normalized spacial score (nSPS) is 28.2. The summed E-state index contributed by atoms with van der Waals surface area (Å²) in [5, 5.41) is 0. The van der Waals surface area contributed by atoms with Gasteiger partial charge in [0, 0.05) is 12.8 Å². The molecule has 1 aliphatic carbocycles. The van der Waals surface area contributed by atoms with Crippen molar-refractivity contribution < 1.29 is 27.4 Å². The van der Waals surface area contributed by atoms with Crippen molar-refractivity contribution in [2.45, 2.75) is 44.5 Å². The van der Waals surface area contributed by atoms with Crippen LogP contribution in [0, 0.1) is 5.92 Å². The minimum atomic E-state index is -4.20. The van der Waals surface area contributed by atoms with E-state index in [1.54, 1.807) is 6.92 Å². The van der Waals surface area contributed by atoms with E-state index in [1.165, 1.54) is 0 Å². The van der Waals surface area contributed by atoms with Gasteiger partial charge in [-0.1, -0.05) is 0 Å². The molecule has 0 bridgehead atoms. The number of hydrogen-bond acceptors (Lipinski definition) is 4. The third-order valence-electron chi connectivity index (χ3n) is 2.84. The van der Waals surface area contributed by atoms with Crippen LogP contribution in [-0.4, -0.2) is 24.7 Å². The number of alkyl halides is 3. The number of halogens is 4. The van der Waals surface area contributed by atoms with Crippen molar-refractivity contribution in [3.05, 3.63) is 0 Å². The molecular weight excluding hydrogens is 275 g/mol. The molecule has 18 heavy (non-hydrogen) atoms. The third-order valence-corrected chi connectivity index (χ3v) is 2.84. The summed E-state index contributed by atoms with van der Waals surface area (Å²) in [5.74, 6) is -1.36. The highest BCUT2D eigenvalue weighted by Crippen LogP contribution is 2.40. The molecule has 4 nitrogen and oxygen atoms in total. The number of rotatable bonds is 2. The highest BCUT2D eigenvalue weighted by molar-refractivity contribution is 5.85. The zero-order valence-electron chi connectivity index (χ0n) is 9.96. The molecule has 8 heteroatoms. The Morgan fingerprint density at radius 2 is 1.89 bits per heavy atom. The monoisotopic (exact) mass is 291 g/mol. The summed E-state index contributed by atoms with van der Waals surface area (Å²) in [6, 6.07) is 0. The number of nitrogens with two attached hydrogens (primary N) is 1. The Kier molecular flexibility index (Phi) is 6.22. The molecule has 1 rings (SSSR count). The van der Waals surface area contributed by atoms with E-state index in [1.807, 2.05) is 0 Å². The van der Waals surface area contributed by atoms with Gasteiger partial charge in [-0.2, -0.15) is 13.2 Å². The second-order valence-corrected chi connectivity index (χ2v) is 4.17. The van der Waals surface area contributed by atoms with Crippen LogP contribution in [0.15, 0.2) is 0 Å². The standard InChI is InChI=1S/C10H16F3NO3.ClH/c1-2-16-8(15)17-9(14)5-3-7(4-6-9)10(11,12)13;/h7H,2-6,14H2,1H3;1H. The molecule has 0 radical (unpaired) electrons. The Morgan fingerprint density at radius 1 is 1.39 bits per heavy atom. The first-order valence-corrected chi connectivity index (χ1v) is 5.48. The third kappa shape index (κ3) is 4.89. The zero-order valence-corrected chi connectivity index (χ0v) is 10.8. The summed E-state index contributed by atoms with van der Waals surface area (Å²) in [6.45, 7) is 1.74. The second kappa shape index (κ2) is 6.47. The Labute approximate surface area is 109 Å².